The van der Waals surface area contributed by atoms with E-state index in [9.17, 15) is 4.79 Å². The van der Waals surface area contributed by atoms with Crippen LogP contribution in [0, 0.1) is 5.92 Å². The molecule has 1 aliphatic rings. The molecule has 20 heavy (non-hydrogen) atoms. The molecule has 5 heteroatoms. The second-order valence-electron chi connectivity index (χ2n) is 4.77. The number of carbonyl (C=O) groups is 1. The molecule has 0 radical (unpaired) electrons. The van der Waals surface area contributed by atoms with Gasteiger partial charge in [-0.05, 0) is 61.2 Å². The first-order chi connectivity index (χ1) is 9.61. The zero-order valence-corrected chi connectivity index (χ0v) is 12.8. The minimum Gasteiger partial charge on any atom is -0.466 e. The van der Waals surface area contributed by atoms with E-state index in [4.69, 9.17) is 27.9 Å². The molecule has 0 aromatic heterocycles. The highest BCUT2D eigenvalue weighted by atomic mass is 35.5. The van der Waals surface area contributed by atoms with Crippen molar-refractivity contribution < 1.29 is 9.53 Å². The van der Waals surface area contributed by atoms with Crippen molar-refractivity contribution in [3.63, 3.8) is 0 Å². The Morgan fingerprint density at radius 3 is 2.70 bits per heavy atom. The van der Waals surface area contributed by atoms with Gasteiger partial charge in [-0.25, -0.2) is 4.79 Å². The van der Waals surface area contributed by atoms with Crippen molar-refractivity contribution in [2.24, 2.45) is 5.92 Å². The molecular weight excluding hydrogens is 297 g/mol. The predicted molar refractivity (Wildman–Crippen MR) is 82.0 cm³/mol. The third-order valence-electron chi connectivity index (χ3n) is 3.49. The van der Waals surface area contributed by atoms with E-state index in [2.05, 4.69) is 5.32 Å². The third kappa shape index (κ3) is 3.75. The Morgan fingerprint density at radius 1 is 1.35 bits per heavy atom. The maximum Gasteiger partial charge on any atom is 0.330 e. The summed E-state index contributed by atoms with van der Waals surface area (Å²) in [5.41, 5.74) is 1.72. The first-order valence-corrected chi connectivity index (χ1v) is 7.33. The maximum absolute atomic E-state index is 11.6. The van der Waals surface area contributed by atoms with Crippen molar-refractivity contribution in [3.05, 3.63) is 39.9 Å². The first-order valence-electron chi connectivity index (χ1n) is 6.57. The standard InChI is InChI=1S/C15H17Cl2NO2/c1-20-15(19)9-12(10-4-6-18-7-5-10)13-8-11(16)2-3-14(13)17/h2-3,8-10,18H,4-7H2,1H3/b12-9+. The Hall–Kier alpha value is -1.03. The topological polar surface area (TPSA) is 38.3 Å². The van der Waals surface area contributed by atoms with Crippen molar-refractivity contribution in [2.45, 2.75) is 12.8 Å². The lowest BCUT2D eigenvalue weighted by Gasteiger charge is -2.26. The quantitative estimate of drug-likeness (QED) is 0.685. The number of esters is 1. The monoisotopic (exact) mass is 313 g/mol. The molecule has 0 spiro atoms. The van der Waals surface area contributed by atoms with Gasteiger partial charge in [0.05, 0.1) is 7.11 Å². The van der Waals surface area contributed by atoms with Crippen molar-refractivity contribution in [2.75, 3.05) is 20.2 Å². The van der Waals surface area contributed by atoms with E-state index in [0.717, 1.165) is 37.1 Å². The van der Waals surface area contributed by atoms with Crippen LogP contribution in [0.25, 0.3) is 5.57 Å². The highest BCUT2D eigenvalue weighted by molar-refractivity contribution is 6.34. The first kappa shape index (κ1) is 15.4. The molecule has 0 aliphatic carbocycles. The molecular formula is C15H17Cl2NO2. The van der Waals surface area contributed by atoms with Gasteiger partial charge in [0.25, 0.3) is 0 Å². The average molecular weight is 314 g/mol. The van der Waals surface area contributed by atoms with Crippen LogP contribution in [0.4, 0.5) is 0 Å². The van der Waals surface area contributed by atoms with E-state index in [1.165, 1.54) is 13.2 Å². The van der Waals surface area contributed by atoms with E-state index < -0.39 is 0 Å². The molecule has 1 aromatic carbocycles. The Kier molecular flexibility index (Phi) is 5.46. The van der Waals surface area contributed by atoms with Gasteiger partial charge in [0, 0.05) is 16.1 Å². The lowest BCUT2D eigenvalue weighted by atomic mass is 9.85. The molecule has 1 heterocycles. The Morgan fingerprint density at radius 2 is 2.05 bits per heavy atom. The molecule has 3 nitrogen and oxygen atoms in total. The highest BCUT2D eigenvalue weighted by Crippen LogP contribution is 2.35. The van der Waals surface area contributed by atoms with Crippen LogP contribution in [0.15, 0.2) is 24.3 Å². The van der Waals surface area contributed by atoms with Gasteiger partial charge in [0.15, 0.2) is 0 Å². The normalized spacial score (nSPS) is 17.1. The van der Waals surface area contributed by atoms with Gasteiger partial charge in [0.2, 0.25) is 0 Å². The molecule has 1 aromatic rings. The summed E-state index contributed by atoms with van der Waals surface area (Å²) >= 11 is 12.3. The van der Waals surface area contributed by atoms with Gasteiger partial charge in [-0.15, -0.1) is 0 Å². The maximum atomic E-state index is 11.6. The Balaban J connectivity index is 2.42. The number of ether oxygens (including phenoxy) is 1. The SMILES string of the molecule is COC(=O)/C=C(/c1cc(Cl)ccc1Cl)C1CCNCC1. The van der Waals surface area contributed by atoms with Gasteiger partial charge in [-0.2, -0.15) is 0 Å². The minimum atomic E-state index is -0.366. The lowest BCUT2D eigenvalue weighted by molar-refractivity contribution is -0.134. The average Bonchev–Trinajstić information content (AvgIpc) is 2.48. The lowest BCUT2D eigenvalue weighted by Crippen LogP contribution is -2.28. The molecule has 0 atom stereocenters. The van der Waals surface area contributed by atoms with Crippen LogP contribution < -0.4 is 5.32 Å². The predicted octanol–water partition coefficient (Wildman–Crippen LogP) is 3.55. The number of hydrogen-bond donors (Lipinski definition) is 1. The van der Waals surface area contributed by atoms with Crippen LogP contribution in [0.3, 0.4) is 0 Å². The summed E-state index contributed by atoms with van der Waals surface area (Å²) in [5.74, 6) is -0.0825. The summed E-state index contributed by atoms with van der Waals surface area (Å²) in [6.45, 7) is 1.86. The van der Waals surface area contributed by atoms with Gasteiger partial charge >= 0.3 is 5.97 Å². The molecule has 1 N–H and O–H groups in total. The van der Waals surface area contributed by atoms with Crippen molar-refractivity contribution in [3.8, 4) is 0 Å². The zero-order valence-electron chi connectivity index (χ0n) is 11.3. The molecule has 1 fully saturated rings. The number of benzene rings is 1. The number of allylic oxidation sites excluding steroid dienone is 1. The number of carbonyl (C=O) groups excluding carboxylic acids is 1. The molecule has 0 unspecified atom stereocenters. The summed E-state index contributed by atoms with van der Waals surface area (Å²) in [6.07, 6.45) is 3.46. The fraction of sp³-hybridized carbons (Fsp3) is 0.400. The van der Waals surface area contributed by atoms with E-state index in [-0.39, 0.29) is 11.9 Å². The number of piperidine rings is 1. The van der Waals surface area contributed by atoms with Crippen molar-refractivity contribution in [1.82, 2.24) is 5.32 Å². The summed E-state index contributed by atoms with van der Waals surface area (Å²) in [5, 5.41) is 4.52. The summed E-state index contributed by atoms with van der Waals surface area (Å²) in [4.78, 5) is 11.6. The number of nitrogens with one attached hydrogen (secondary N) is 1. The van der Waals surface area contributed by atoms with E-state index in [1.54, 1.807) is 18.2 Å². The number of rotatable bonds is 3. The number of halogens is 2. The van der Waals surface area contributed by atoms with Gasteiger partial charge in [0.1, 0.15) is 0 Å². The van der Waals surface area contributed by atoms with E-state index in [1.807, 2.05) is 0 Å². The molecule has 0 saturated carbocycles. The number of hydrogen-bond acceptors (Lipinski definition) is 3. The van der Waals surface area contributed by atoms with Crippen molar-refractivity contribution in [1.29, 1.82) is 0 Å². The second-order valence-corrected chi connectivity index (χ2v) is 5.61. The van der Waals surface area contributed by atoms with Crippen LogP contribution in [0.5, 0.6) is 0 Å². The summed E-state index contributed by atoms with van der Waals surface area (Å²) < 4.78 is 4.76. The Labute approximate surface area is 128 Å². The zero-order chi connectivity index (χ0) is 14.5. The van der Waals surface area contributed by atoms with Crippen LogP contribution in [-0.4, -0.2) is 26.2 Å². The van der Waals surface area contributed by atoms with Crippen molar-refractivity contribution >= 4 is 34.7 Å². The van der Waals surface area contributed by atoms with E-state index in [0.29, 0.717) is 10.0 Å². The van der Waals surface area contributed by atoms with Crippen LogP contribution in [0.1, 0.15) is 18.4 Å². The van der Waals surface area contributed by atoms with Crippen LogP contribution in [-0.2, 0) is 9.53 Å². The molecule has 2 rings (SSSR count). The van der Waals surface area contributed by atoms with Crippen LogP contribution in [0.2, 0.25) is 10.0 Å². The summed E-state index contributed by atoms with van der Waals surface area (Å²) in [7, 11) is 1.37. The molecule has 108 valence electrons. The summed E-state index contributed by atoms with van der Waals surface area (Å²) in [6, 6.07) is 5.30. The highest BCUT2D eigenvalue weighted by Gasteiger charge is 2.22. The number of methoxy groups -OCH3 is 1. The van der Waals surface area contributed by atoms with Gasteiger partial charge < -0.3 is 10.1 Å². The fourth-order valence-corrected chi connectivity index (χ4v) is 2.85. The second kappa shape index (κ2) is 7.11. The fourth-order valence-electron chi connectivity index (χ4n) is 2.45. The minimum absolute atomic E-state index is 0.284. The van der Waals surface area contributed by atoms with Gasteiger partial charge in [-0.1, -0.05) is 23.2 Å². The van der Waals surface area contributed by atoms with E-state index >= 15 is 0 Å². The van der Waals surface area contributed by atoms with Crippen LogP contribution >= 0.6 is 23.2 Å². The third-order valence-corrected chi connectivity index (χ3v) is 4.06. The largest absolute Gasteiger partial charge is 0.466 e. The van der Waals surface area contributed by atoms with Gasteiger partial charge in [-0.3, -0.25) is 0 Å². The molecule has 0 amide bonds. The molecule has 1 saturated heterocycles. The molecule has 1 aliphatic heterocycles. The molecule has 0 bridgehead atoms. The smallest absolute Gasteiger partial charge is 0.330 e. The Bertz CT molecular complexity index is 523.